The van der Waals surface area contributed by atoms with Crippen molar-refractivity contribution in [1.82, 2.24) is 15.0 Å². The van der Waals surface area contributed by atoms with Crippen LogP contribution in [0.5, 0.6) is 0 Å². The van der Waals surface area contributed by atoms with E-state index in [4.69, 9.17) is 4.98 Å². The number of pyridine rings is 1. The average Bonchev–Trinajstić information content (AvgIpc) is 2.80. The molecule has 0 fully saturated rings. The van der Waals surface area contributed by atoms with Crippen LogP contribution in [0.2, 0.25) is 0 Å². The van der Waals surface area contributed by atoms with E-state index < -0.39 is 0 Å². The number of benzene rings is 2. The van der Waals surface area contributed by atoms with Crippen molar-refractivity contribution in [2.45, 2.75) is 12.3 Å². The lowest BCUT2D eigenvalue weighted by atomic mass is 9.89. The van der Waals surface area contributed by atoms with Crippen molar-refractivity contribution in [2.24, 2.45) is 0 Å². The maximum Gasteiger partial charge on any atom is 0.240 e. The first-order valence-corrected chi connectivity index (χ1v) is 9.76. The van der Waals surface area contributed by atoms with Crippen molar-refractivity contribution in [3.63, 3.8) is 0 Å². The Hall–Kier alpha value is -4.06. The van der Waals surface area contributed by atoms with Gasteiger partial charge in [0, 0.05) is 29.8 Å². The molecule has 0 radical (unpaired) electrons. The summed E-state index contributed by atoms with van der Waals surface area (Å²) in [5, 5.41) is 3.21. The highest BCUT2D eigenvalue weighted by atomic mass is 16.2. The topological polar surface area (TPSA) is 71.0 Å². The van der Waals surface area contributed by atoms with Gasteiger partial charge in [0.1, 0.15) is 5.82 Å². The number of aromatic nitrogens is 3. The number of rotatable bonds is 4. The standard InChI is InChI=1S/C24H19N5O/c30-23-21(17-8-7-13-25-15-17)14-18-16-26-24(27-19-9-3-1-4-10-19)28-22(18)29(23)20-11-5-2-6-12-20/h1-13,15-16,21H,14H2,(H,26,27,28). The number of hydrogen-bond donors (Lipinski definition) is 1. The second kappa shape index (κ2) is 7.75. The van der Waals surface area contributed by atoms with E-state index in [-0.39, 0.29) is 11.8 Å². The molecule has 1 N–H and O–H groups in total. The van der Waals surface area contributed by atoms with Crippen LogP contribution in [0.4, 0.5) is 23.1 Å². The molecule has 4 aromatic rings. The molecule has 1 unspecified atom stereocenters. The highest BCUT2D eigenvalue weighted by Crippen LogP contribution is 2.38. The van der Waals surface area contributed by atoms with Crippen LogP contribution in [0.1, 0.15) is 17.0 Å². The second-order valence-corrected chi connectivity index (χ2v) is 7.09. The molecule has 0 saturated carbocycles. The monoisotopic (exact) mass is 393 g/mol. The minimum atomic E-state index is -0.331. The number of nitrogens with zero attached hydrogens (tertiary/aromatic N) is 4. The van der Waals surface area contributed by atoms with Crippen LogP contribution in [0, 0.1) is 0 Å². The van der Waals surface area contributed by atoms with Crippen LogP contribution in [-0.4, -0.2) is 20.9 Å². The normalized spacial score (nSPS) is 15.5. The Bertz CT molecular complexity index is 1170. The molecule has 2 aromatic heterocycles. The van der Waals surface area contributed by atoms with Gasteiger partial charge in [0.15, 0.2) is 0 Å². The predicted molar refractivity (Wildman–Crippen MR) is 116 cm³/mol. The summed E-state index contributed by atoms with van der Waals surface area (Å²) in [6.07, 6.45) is 5.81. The SMILES string of the molecule is O=C1C(c2cccnc2)Cc2cnc(Nc3ccccc3)nc2N1c1ccccc1. The first-order chi connectivity index (χ1) is 14.8. The zero-order valence-electron chi connectivity index (χ0n) is 16.1. The van der Waals surface area contributed by atoms with E-state index in [1.54, 1.807) is 23.5 Å². The maximum atomic E-state index is 13.6. The lowest BCUT2D eigenvalue weighted by Crippen LogP contribution is -2.38. The largest absolute Gasteiger partial charge is 0.324 e. The maximum absolute atomic E-state index is 13.6. The third-order valence-electron chi connectivity index (χ3n) is 5.13. The number of fused-ring (bicyclic) bond motifs is 1. The Kier molecular flexibility index (Phi) is 4.65. The Morgan fingerprint density at radius 2 is 1.67 bits per heavy atom. The summed E-state index contributed by atoms with van der Waals surface area (Å²) in [6.45, 7) is 0. The Balaban J connectivity index is 1.59. The molecular formula is C24H19N5O. The van der Waals surface area contributed by atoms with Gasteiger partial charge in [0.05, 0.1) is 11.6 Å². The lowest BCUT2D eigenvalue weighted by molar-refractivity contribution is -0.119. The molecule has 0 aliphatic carbocycles. The van der Waals surface area contributed by atoms with Gasteiger partial charge in [0.25, 0.3) is 0 Å². The van der Waals surface area contributed by atoms with E-state index >= 15 is 0 Å². The summed E-state index contributed by atoms with van der Waals surface area (Å²) in [7, 11) is 0. The molecule has 1 atom stereocenters. The van der Waals surface area contributed by atoms with Crippen LogP contribution >= 0.6 is 0 Å². The second-order valence-electron chi connectivity index (χ2n) is 7.09. The summed E-state index contributed by atoms with van der Waals surface area (Å²) in [5.74, 6) is 0.710. The van der Waals surface area contributed by atoms with Gasteiger partial charge in [-0.2, -0.15) is 4.98 Å². The molecule has 1 aliphatic rings. The van der Waals surface area contributed by atoms with E-state index in [0.29, 0.717) is 18.2 Å². The average molecular weight is 393 g/mol. The van der Waals surface area contributed by atoms with Gasteiger partial charge in [-0.05, 0) is 42.3 Å². The van der Waals surface area contributed by atoms with Gasteiger partial charge in [-0.1, -0.05) is 42.5 Å². The Labute approximate surface area is 174 Å². The highest BCUT2D eigenvalue weighted by Gasteiger charge is 2.36. The summed E-state index contributed by atoms with van der Waals surface area (Å²) in [6, 6.07) is 23.1. The molecule has 0 saturated heterocycles. The van der Waals surface area contributed by atoms with E-state index in [2.05, 4.69) is 15.3 Å². The molecule has 3 heterocycles. The molecule has 6 heteroatoms. The van der Waals surface area contributed by atoms with Gasteiger partial charge < -0.3 is 5.32 Å². The third-order valence-corrected chi connectivity index (χ3v) is 5.13. The van der Waals surface area contributed by atoms with Gasteiger partial charge in [-0.15, -0.1) is 0 Å². The number of anilines is 4. The molecule has 1 amide bonds. The zero-order valence-corrected chi connectivity index (χ0v) is 16.1. The van der Waals surface area contributed by atoms with E-state index in [1.165, 1.54) is 0 Å². The zero-order chi connectivity index (χ0) is 20.3. The van der Waals surface area contributed by atoms with Crippen LogP contribution in [0.3, 0.4) is 0 Å². The van der Waals surface area contributed by atoms with Crippen molar-refractivity contribution >= 4 is 29.0 Å². The van der Waals surface area contributed by atoms with Crippen molar-refractivity contribution in [3.8, 4) is 0 Å². The van der Waals surface area contributed by atoms with Crippen molar-refractivity contribution in [3.05, 3.63) is 103 Å². The molecule has 146 valence electrons. The number of para-hydroxylation sites is 2. The molecule has 0 spiro atoms. The summed E-state index contributed by atoms with van der Waals surface area (Å²) in [4.78, 5) is 28.7. The molecule has 1 aliphatic heterocycles. The van der Waals surface area contributed by atoms with Crippen molar-refractivity contribution < 1.29 is 4.79 Å². The number of nitrogens with one attached hydrogen (secondary N) is 1. The van der Waals surface area contributed by atoms with Gasteiger partial charge in [-0.25, -0.2) is 4.98 Å². The fourth-order valence-electron chi connectivity index (χ4n) is 3.68. The Morgan fingerprint density at radius 1 is 0.900 bits per heavy atom. The van der Waals surface area contributed by atoms with Crippen LogP contribution in [0.15, 0.2) is 91.4 Å². The van der Waals surface area contributed by atoms with E-state index in [0.717, 1.165) is 22.5 Å². The molecular weight excluding hydrogens is 374 g/mol. The van der Waals surface area contributed by atoms with Gasteiger partial charge >= 0.3 is 0 Å². The van der Waals surface area contributed by atoms with Crippen LogP contribution in [0.25, 0.3) is 0 Å². The molecule has 6 nitrogen and oxygen atoms in total. The van der Waals surface area contributed by atoms with Gasteiger partial charge in [0.2, 0.25) is 11.9 Å². The molecule has 30 heavy (non-hydrogen) atoms. The number of hydrogen-bond acceptors (Lipinski definition) is 5. The molecule has 0 bridgehead atoms. The summed E-state index contributed by atoms with van der Waals surface area (Å²) in [5.41, 5.74) is 3.48. The smallest absolute Gasteiger partial charge is 0.240 e. The Morgan fingerprint density at radius 3 is 2.40 bits per heavy atom. The first kappa shape index (κ1) is 18.0. The highest BCUT2D eigenvalue weighted by molar-refractivity contribution is 6.06. The first-order valence-electron chi connectivity index (χ1n) is 9.76. The fraction of sp³-hybridized carbons (Fsp3) is 0.0833. The quantitative estimate of drug-likeness (QED) is 0.548. The summed E-state index contributed by atoms with van der Waals surface area (Å²) >= 11 is 0. The predicted octanol–water partition coefficient (Wildman–Crippen LogP) is 4.62. The fourth-order valence-corrected chi connectivity index (χ4v) is 3.68. The van der Waals surface area contributed by atoms with Crippen LogP contribution in [-0.2, 0) is 11.2 Å². The minimum Gasteiger partial charge on any atom is -0.324 e. The number of amides is 1. The van der Waals surface area contributed by atoms with Crippen molar-refractivity contribution in [1.29, 1.82) is 0 Å². The van der Waals surface area contributed by atoms with Gasteiger partial charge in [-0.3, -0.25) is 14.7 Å². The minimum absolute atomic E-state index is 0.0222. The molecule has 2 aromatic carbocycles. The molecule has 5 rings (SSSR count). The number of carbonyl (C=O) groups is 1. The van der Waals surface area contributed by atoms with Crippen LogP contribution < -0.4 is 10.2 Å². The van der Waals surface area contributed by atoms with E-state index in [1.807, 2.05) is 72.8 Å². The number of carbonyl (C=O) groups excluding carboxylic acids is 1. The lowest BCUT2D eigenvalue weighted by Gasteiger charge is -2.33. The third kappa shape index (κ3) is 3.39. The van der Waals surface area contributed by atoms with Crippen molar-refractivity contribution in [2.75, 3.05) is 10.2 Å². The van der Waals surface area contributed by atoms with E-state index in [9.17, 15) is 4.79 Å². The summed E-state index contributed by atoms with van der Waals surface area (Å²) < 4.78 is 0.